The molecule has 0 spiro atoms. The number of oxime groups is 1. The summed E-state index contributed by atoms with van der Waals surface area (Å²) in [6.45, 7) is 1.99. The largest absolute Gasteiger partial charge is 0.399 e. The molecule has 1 amide bonds. The Bertz CT molecular complexity index is 619. The molecule has 0 aliphatic carbocycles. The molecule has 20 heavy (non-hydrogen) atoms. The summed E-state index contributed by atoms with van der Waals surface area (Å²) in [5.74, 6) is -0.133. The number of amides is 1. The molecule has 0 saturated carbocycles. The minimum absolute atomic E-state index is 0.133. The quantitative estimate of drug-likeness (QED) is 0.683. The smallest absolute Gasteiger partial charge is 0.255 e. The van der Waals surface area contributed by atoms with Crippen molar-refractivity contribution >= 4 is 17.8 Å². The Morgan fingerprint density at radius 3 is 2.60 bits per heavy atom. The second-order valence-corrected chi connectivity index (χ2v) is 4.36. The molecule has 0 aliphatic rings. The molecular weight excluding hydrogens is 252 g/mol. The van der Waals surface area contributed by atoms with Crippen molar-refractivity contribution in [2.24, 2.45) is 5.16 Å². The molecule has 0 saturated heterocycles. The van der Waals surface area contributed by atoms with Gasteiger partial charge in [-0.3, -0.25) is 4.79 Å². The van der Waals surface area contributed by atoms with E-state index in [4.69, 9.17) is 0 Å². The Morgan fingerprint density at radius 2 is 1.95 bits per heavy atom. The predicted octanol–water partition coefficient (Wildman–Crippen LogP) is 3.23. The molecule has 4 nitrogen and oxygen atoms in total. The first kappa shape index (κ1) is 13.8. The lowest BCUT2D eigenvalue weighted by molar-refractivity contribution is 0.102. The summed E-state index contributed by atoms with van der Waals surface area (Å²) in [5, 5.41) is 6.53. The minimum atomic E-state index is -0.133. The monoisotopic (exact) mass is 268 g/mol. The molecule has 2 aromatic carbocycles. The van der Waals surface area contributed by atoms with Crippen molar-refractivity contribution in [1.82, 2.24) is 0 Å². The zero-order chi connectivity index (χ0) is 14.4. The lowest BCUT2D eigenvalue weighted by Crippen LogP contribution is -2.11. The topological polar surface area (TPSA) is 50.7 Å². The van der Waals surface area contributed by atoms with Gasteiger partial charge in [0.15, 0.2) is 0 Å². The maximum Gasteiger partial charge on any atom is 0.255 e. The van der Waals surface area contributed by atoms with Gasteiger partial charge < -0.3 is 10.2 Å². The lowest BCUT2D eigenvalue weighted by Gasteiger charge is -2.06. The van der Waals surface area contributed by atoms with Crippen LogP contribution in [0.3, 0.4) is 0 Å². The molecular formula is C16H16N2O2. The molecule has 0 atom stereocenters. The van der Waals surface area contributed by atoms with Gasteiger partial charge in [-0.05, 0) is 42.3 Å². The van der Waals surface area contributed by atoms with E-state index >= 15 is 0 Å². The van der Waals surface area contributed by atoms with Crippen LogP contribution in [-0.4, -0.2) is 19.2 Å². The maximum absolute atomic E-state index is 12.1. The number of benzene rings is 2. The van der Waals surface area contributed by atoms with Crippen LogP contribution < -0.4 is 5.32 Å². The molecule has 2 aromatic rings. The molecule has 0 aliphatic heterocycles. The van der Waals surface area contributed by atoms with Gasteiger partial charge in [0.25, 0.3) is 5.91 Å². The van der Waals surface area contributed by atoms with E-state index < -0.39 is 0 Å². The summed E-state index contributed by atoms with van der Waals surface area (Å²) in [6.07, 6.45) is 1.59. The molecule has 0 heterocycles. The Labute approximate surface area is 118 Å². The van der Waals surface area contributed by atoms with Crippen molar-refractivity contribution < 1.29 is 9.63 Å². The van der Waals surface area contributed by atoms with Gasteiger partial charge in [-0.1, -0.05) is 29.4 Å². The molecule has 102 valence electrons. The highest BCUT2D eigenvalue weighted by Gasteiger charge is 2.05. The van der Waals surface area contributed by atoms with Crippen LogP contribution in [0.2, 0.25) is 0 Å². The molecule has 0 fully saturated rings. The average Bonchev–Trinajstić information content (AvgIpc) is 2.45. The minimum Gasteiger partial charge on any atom is -0.399 e. The highest BCUT2D eigenvalue weighted by Crippen LogP contribution is 2.12. The van der Waals surface area contributed by atoms with E-state index in [1.807, 2.05) is 43.3 Å². The molecule has 0 unspecified atom stereocenters. The maximum atomic E-state index is 12.1. The zero-order valence-corrected chi connectivity index (χ0v) is 11.5. The Balaban J connectivity index is 2.07. The van der Waals surface area contributed by atoms with Crippen molar-refractivity contribution in [3.8, 4) is 0 Å². The van der Waals surface area contributed by atoms with Crippen LogP contribution in [0.15, 0.2) is 53.7 Å². The molecule has 0 radical (unpaired) electrons. The van der Waals surface area contributed by atoms with Crippen molar-refractivity contribution in [2.45, 2.75) is 6.92 Å². The van der Waals surface area contributed by atoms with Crippen LogP contribution in [0.5, 0.6) is 0 Å². The van der Waals surface area contributed by atoms with Crippen LogP contribution in [0.1, 0.15) is 21.5 Å². The number of anilines is 1. The predicted molar refractivity (Wildman–Crippen MR) is 80.2 cm³/mol. The van der Waals surface area contributed by atoms with Gasteiger partial charge >= 0.3 is 0 Å². The van der Waals surface area contributed by atoms with Crippen LogP contribution in [0.4, 0.5) is 5.69 Å². The highest BCUT2D eigenvalue weighted by atomic mass is 16.6. The van der Waals surface area contributed by atoms with E-state index in [0.717, 1.165) is 16.8 Å². The number of hydrogen-bond donors (Lipinski definition) is 1. The van der Waals surface area contributed by atoms with Crippen LogP contribution in [-0.2, 0) is 4.84 Å². The van der Waals surface area contributed by atoms with Gasteiger partial charge in [-0.15, -0.1) is 0 Å². The molecule has 0 aromatic heterocycles. The SMILES string of the molecule is CO/N=C/c1ccc(C(=O)Nc2cccc(C)c2)cc1. The van der Waals surface area contributed by atoms with Gasteiger partial charge in [0.2, 0.25) is 0 Å². The number of carbonyl (C=O) groups is 1. The number of nitrogens with one attached hydrogen (secondary N) is 1. The summed E-state index contributed by atoms with van der Waals surface area (Å²) >= 11 is 0. The van der Waals surface area contributed by atoms with Gasteiger partial charge in [-0.25, -0.2) is 0 Å². The number of hydrogen-bond acceptors (Lipinski definition) is 3. The Hall–Kier alpha value is -2.62. The van der Waals surface area contributed by atoms with Crippen molar-refractivity contribution in [3.05, 3.63) is 65.2 Å². The van der Waals surface area contributed by atoms with Crippen LogP contribution >= 0.6 is 0 Å². The molecule has 0 bridgehead atoms. The number of aryl methyl sites for hydroxylation is 1. The third-order valence-electron chi connectivity index (χ3n) is 2.76. The van der Waals surface area contributed by atoms with E-state index in [1.54, 1.807) is 18.3 Å². The molecule has 1 N–H and O–H groups in total. The summed E-state index contributed by atoms with van der Waals surface area (Å²) in [5.41, 5.74) is 3.37. The van der Waals surface area contributed by atoms with E-state index in [0.29, 0.717) is 5.56 Å². The van der Waals surface area contributed by atoms with E-state index in [1.165, 1.54) is 7.11 Å². The second kappa shape index (κ2) is 6.52. The fraction of sp³-hybridized carbons (Fsp3) is 0.125. The average molecular weight is 268 g/mol. The zero-order valence-electron chi connectivity index (χ0n) is 11.5. The van der Waals surface area contributed by atoms with E-state index in [-0.39, 0.29) is 5.91 Å². The Kier molecular flexibility index (Phi) is 4.50. The third-order valence-corrected chi connectivity index (χ3v) is 2.76. The molecule has 4 heteroatoms. The van der Waals surface area contributed by atoms with Gasteiger partial charge in [0.1, 0.15) is 7.11 Å². The standard InChI is InChI=1S/C16H16N2O2/c1-12-4-3-5-15(10-12)18-16(19)14-8-6-13(7-9-14)11-17-20-2/h3-11H,1-2H3,(H,18,19)/b17-11+. The summed E-state index contributed by atoms with van der Waals surface area (Å²) in [7, 11) is 1.49. The second-order valence-electron chi connectivity index (χ2n) is 4.36. The third kappa shape index (κ3) is 3.68. The van der Waals surface area contributed by atoms with E-state index in [9.17, 15) is 4.79 Å². The normalized spacial score (nSPS) is 10.5. The van der Waals surface area contributed by atoms with Crippen LogP contribution in [0.25, 0.3) is 0 Å². The Morgan fingerprint density at radius 1 is 1.20 bits per heavy atom. The lowest BCUT2D eigenvalue weighted by atomic mass is 10.1. The fourth-order valence-electron chi connectivity index (χ4n) is 1.76. The summed E-state index contributed by atoms with van der Waals surface area (Å²) in [6, 6.07) is 14.8. The molecule has 2 rings (SSSR count). The van der Waals surface area contributed by atoms with Crippen molar-refractivity contribution in [3.63, 3.8) is 0 Å². The summed E-state index contributed by atoms with van der Waals surface area (Å²) in [4.78, 5) is 16.7. The first-order valence-corrected chi connectivity index (χ1v) is 6.23. The van der Waals surface area contributed by atoms with Gasteiger partial charge in [-0.2, -0.15) is 0 Å². The number of rotatable bonds is 4. The van der Waals surface area contributed by atoms with E-state index in [2.05, 4.69) is 15.3 Å². The number of carbonyl (C=O) groups excluding carboxylic acids is 1. The number of nitrogens with zero attached hydrogens (tertiary/aromatic N) is 1. The fourth-order valence-corrected chi connectivity index (χ4v) is 1.76. The van der Waals surface area contributed by atoms with Gasteiger partial charge in [0.05, 0.1) is 6.21 Å². The first-order valence-electron chi connectivity index (χ1n) is 6.23. The van der Waals surface area contributed by atoms with Crippen molar-refractivity contribution in [2.75, 3.05) is 12.4 Å². The first-order chi connectivity index (χ1) is 9.69. The summed E-state index contributed by atoms with van der Waals surface area (Å²) < 4.78 is 0. The highest BCUT2D eigenvalue weighted by molar-refractivity contribution is 6.04. The van der Waals surface area contributed by atoms with Crippen LogP contribution in [0, 0.1) is 6.92 Å². The van der Waals surface area contributed by atoms with Crippen molar-refractivity contribution in [1.29, 1.82) is 0 Å². The van der Waals surface area contributed by atoms with Gasteiger partial charge in [0, 0.05) is 11.3 Å².